The molecular weight excluding hydrogens is 200 g/mol. The molecular formula is C6H13ClNO3P. The van der Waals surface area contributed by atoms with Crippen molar-refractivity contribution < 1.29 is 14.1 Å². The van der Waals surface area contributed by atoms with E-state index in [1.165, 1.54) is 0 Å². The lowest BCUT2D eigenvalue weighted by molar-refractivity contribution is -0.148. The summed E-state index contributed by atoms with van der Waals surface area (Å²) in [6.07, 6.45) is -0.167. The molecule has 0 aliphatic carbocycles. The summed E-state index contributed by atoms with van der Waals surface area (Å²) in [4.78, 5) is 11.0. The molecule has 0 fully saturated rings. The zero-order valence-electron chi connectivity index (χ0n) is 7.26. The molecule has 72 valence electrons. The lowest BCUT2D eigenvalue weighted by atomic mass is 10.4. The molecule has 0 aromatic carbocycles. The Morgan fingerprint density at radius 2 is 2.00 bits per heavy atom. The SMILES string of the molecule is CC(C)OC(=O)C(C)N[PH](=O)Cl. The molecule has 1 N–H and O–H groups in total. The summed E-state index contributed by atoms with van der Waals surface area (Å²) in [5.74, 6) is -0.441. The van der Waals surface area contributed by atoms with Crippen LogP contribution < -0.4 is 5.09 Å². The Morgan fingerprint density at radius 3 is 2.33 bits per heavy atom. The van der Waals surface area contributed by atoms with E-state index in [2.05, 4.69) is 5.09 Å². The summed E-state index contributed by atoms with van der Waals surface area (Å²) < 4.78 is 15.3. The minimum atomic E-state index is -2.34. The van der Waals surface area contributed by atoms with Crippen molar-refractivity contribution in [1.29, 1.82) is 0 Å². The Morgan fingerprint density at radius 1 is 1.50 bits per heavy atom. The third-order valence-corrected chi connectivity index (χ3v) is 2.02. The van der Waals surface area contributed by atoms with Crippen LogP contribution in [0.15, 0.2) is 0 Å². The zero-order chi connectivity index (χ0) is 9.72. The molecule has 4 nitrogen and oxygen atoms in total. The number of hydrogen-bond donors (Lipinski definition) is 1. The number of nitrogens with one attached hydrogen (secondary N) is 1. The highest BCUT2D eigenvalue weighted by Crippen LogP contribution is 2.21. The number of carbonyl (C=O) groups excluding carboxylic acids is 1. The molecule has 0 bridgehead atoms. The first-order chi connectivity index (χ1) is 5.43. The van der Waals surface area contributed by atoms with Crippen LogP contribution in [0.25, 0.3) is 0 Å². The predicted molar refractivity (Wildman–Crippen MR) is 48.7 cm³/mol. The molecule has 2 atom stereocenters. The molecule has 0 radical (unpaired) electrons. The maximum atomic E-state index is 11.0. The smallest absolute Gasteiger partial charge is 0.323 e. The van der Waals surface area contributed by atoms with Crippen molar-refractivity contribution >= 4 is 24.5 Å². The van der Waals surface area contributed by atoms with E-state index in [-0.39, 0.29) is 6.10 Å². The maximum absolute atomic E-state index is 11.0. The summed E-state index contributed by atoms with van der Waals surface area (Å²) >= 11 is 5.18. The quantitative estimate of drug-likeness (QED) is 0.569. The number of hydrogen-bond acceptors (Lipinski definition) is 3. The molecule has 6 heteroatoms. The van der Waals surface area contributed by atoms with Crippen molar-refractivity contribution in [2.75, 3.05) is 0 Å². The number of halogens is 1. The Balaban J connectivity index is 3.85. The normalized spacial score (nSPS) is 15.8. The van der Waals surface area contributed by atoms with Crippen molar-refractivity contribution in [2.45, 2.75) is 32.9 Å². The van der Waals surface area contributed by atoms with Gasteiger partial charge in [-0.3, -0.25) is 9.36 Å². The Kier molecular flexibility index (Phi) is 5.55. The summed E-state index contributed by atoms with van der Waals surface area (Å²) in [6, 6.07) is -0.615. The van der Waals surface area contributed by atoms with Gasteiger partial charge in [-0.2, -0.15) is 0 Å². The van der Waals surface area contributed by atoms with Gasteiger partial charge in [0.15, 0.2) is 0 Å². The van der Waals surface area contributed by atoms with Crippen LogP contribution in [-0.2, 0) is 14.1 Å². The van der Waals surface area contributed by atoms with Gasteiger partial charge < -0.3 is 4.74 Å². The van der Waals surface area contributed by atoms with Gasteiger partial charge in [-0.1, -0.05) is 0 Å². The average Bonchev–Trinajstić information content (AvgIpc) is 1.84. The van der Waals surface area contributed by atoms with Crippen molar-refractivity contribution in [3.8, 4) is 0 Å². The van der Waals surface area contributed by atoms with Crippen LogP contribution in [0.3, 0.4) is 0 Å². The Labute approximate surface area is 77.2 Å². The lowest BCUT2D eigenvalue weighted by Crippen LogP contribution is -2.31. The first-order valence-electron chi connectivity index (χ1n) is 3.60. The van der Waals surface area contributed by atoms with Crippen LogP contribution in [0.4, 0.5) is 0 Å². The van der Waals surface area contributed by atoms with Crippen LogP contribution in [0.1, 0.15) is 20.8 Å². The second-order valence-corrected chi connectivity index (χ2v) is 4.49. The molecule has 0 aliphatic rings. The Hall–Kier alpha value is -0.0500. The van der Waals surface area contributed by atoms with Gasteiger partial charge in [-0.15, -0.1) is 0 Å². The molecule has 2 unspecified atom stereocenters. The van der Waals surface area contributed by atoms with E-state index in [1.807, 2.05) is 0 Å². The third-order valence-electron chi connectivity index (χ3n) is 1.04. The fourth-order valence-corrected chi connectivity index (χ4v) is 1.51. The molecule has 0 amide bonds. The molecule has 0 aliphatic heterocycles. The van der Waals surface area contributed by atoms with E-state index in [9.17, 15) is 9.36 Å². The number of carbonyl (C=O) groups is 1. The van der Waals surface area contributed by atoms with Gasteiger partial charge in [-0.25, -0.2) is 5.09 Å². The topological polar surface area (TPSA) is 55.4 Å². The minimum Gasteiger partial charge on any atom is -0.462 e. The molecule has 0 spiro atoms. The first kappa shape index (κ1) is 11.9. The van der Waals surface area contributed by atoms with Gasteiger partial charge in [0, 0.05) is 0 Å². The monoisotopic (exact) mass is 213 g/mol. The fourth-order valence-electron chi connectivity index (χ4n) is 0.564. The minimum absolute atomic E-state index is 0.167. The second kappa shape index (κ2) is 5.57. The zero-order valence-corrected chi connectivity index (χ0v) is 9.01. The largest absolute Gasteiger partial charge is 0.462 e. The highest BCUT2D eigenvalue weighted by molar-refractivity contribution is 7.72. The van der Waals surface area contributed by atoms with Gasteiger partial charge in [0.05, 0.1) is 6.10 Å². The Bertz CT molecular complexity index is 186. The summed E-state index contributed by atoms with van der Waals surface area (Å²) in [6.45, 7) is 5.04. The van der Waals surface area contributed by atoms with E-state index in [0.29, 0.717) is 0 Å². The van der Waals surface area contributed by atoms with Gasteiger partial charge in [0.2, 0.25) is 7.30 Å². The van der Waals surface area contributed by atoms with Crippen LogP contribution in [0.5, 0.6) is 0 Å². The van der Waals surface area contributed by atoms with E-state index >= 15 is 0 Å². The summed E-state index contributed by atoms with van der Waals surface area (Å²) in [7, 11) is -2.34. The van der Waals surface area contributed by atoms with E-state index in [4.69, 9.17) is 16.0 Å². The van der Waals surface area contributed by atoms with Crippen LogP contribution in [-0.4, -0.2) is 18.1 Å². The van der Waals surface area contributed by atoms with Crippen molar-refractivity contribution in [1.82, 2.24) is 5.09 Å². The number of esters is 1. The van der Waals surface area contributed by atoms with E-state index in [1.54, 1.807) is 20.8 Å². The summed E-state index contributed by atoms with van der Waals surface area (Å²) in [5.41, 5.74) is 0. The van der Waals surface area contributed by atoms with Crippen molar-refractivity contribution in [3.05, 3.63) is 0 Å². The van der Waals surface area contributed by atoms with Crippen LogP contribution in [0, 0.1) is 0 Å². The summed E-state index contributed by atoms with van der Waals surface area (Å²) in [5, 5.41) is 2.39. The van der Waals surface area contributed by atoms with Crippen LogP contribution >= 0.6 is 18.5 Å². The molecule has 0 saturated carbocycles. The highest BCUT2D eigenvalue weighted by atomic mass is 35.7. The maximum Gasteiger partial charge on any atom is 0.323 e. The molecule has 0 heterocycles. The van der Waals surface area contributed by atoms with Gasteiger partial charge in [-0.05, 0) is 32.0 Å². The molecule has 0 aromatic heterocycles. The highest BCUT2D eigenvalue weighted by Gasteiger charge is 2.16. The average molecular weight is 214 g/mol. The number of ether oxygens (including phenoxy) is 1. The van der Waals surface area contributed by atoms with Crippen molar-refractivity contribution in [3.63, 3.8) is 0 Å². The fraction of sp³-hybridized carbons (Fsp3) is 0.833. The predicted octanol–water partition coefficient (Wildman–Crippen LogP) is 1.54. The molecule has 0 rings (SSSR count). The number of rotatable bonds is 4. The van der Waals surface area contributed by atoms with Gasteiger partial charge >= 0.3 is 5.97 Å². The lowest BCUT2D eigenvalue weighted by Gasteiger charge is -2.13. The van der Waals surface area contributed by atoms with E-state index < -0.39 is 19.3 Å². The third kappa shape index (κ3) is 5.58. The molecule has 0 saturated heterocycles. The molecule has 0 aromatic rings. The molecule has 12 heavy (non-hydrogen) atoms. The van der Waals surface area contributed by atoms with E-state index in [0.717, 1.165) is 0 Å². The standard InChI is InChI=1S/C6H13ClNO3P/c1-4(2)11-6(9)5(3)8-12(7)10/h4-5,12H,1-3H3,(H,8,10). The van der Waals surface area contributed by atoms with Crippen LogP contribution in [0.2, 0.25) is 0 Å². The van der Waals surface area contributed by atoms with Crippen molar-refractivity contribution in [2.24, 2.45) is 0 Å². The second-order valence-electron chi connectivity index (χ2n) is 2.63. The van der Waals surface area contributed by atoms with Gasteiger partial charge in [0.25, 0.3) is 0 Å². The van der Waals surface area contributed by atoms with Gasteiger partial charge in [0.1, 0.15) is 6.04 Å². The first-order valence-corrected chi connectivity index (χ1v) is 6.02.